The summed E-state index contributed by atoms with van der Waals surface area (Å²) in [5.74, 6) is -1.17. The maximum Gasteiger partial charge on any atom is 0.326 e. The molecule has 2 rings (SSSR count). The van der Waals surface area contributed by atoms with Gasteiger partial charge in [0.05, 0.1) is 5.56 Å². The molecule has 0 saturated heterocycles. The minimum Gasteiger partial charge on any atom is -0.480 e. The lowest BCUT2D eigenvalue weighted by atomic mass is 10.1. The van der Waals surface area contributed by atoms with E-state index in [1.807, 2.05) is 0 Å². The molecule has 1 amide bonds. The molecule has 4 N–H and O–H groups in total. The van der Waals surface area contributed by atoms with Gasteiger partial charge in [-0.25, -0.2) is 9.78 Å². The first kappa shape index (κ1) is 13.3. The lowest BCUT2D eigenvalue weighted by Crippen LogP contribution is -2.33. The molecule has 1 saturated carbocycles. The van der Waals surface area contributed by atoms with E-state index in [1.165, 1.54) is 0 Å². The number of carboxylic acids is 1. The molecule has 0 radical (unpaired) electrons. The number of pyridine rings is 1. The summed E-state index contributed by atoms with van der Waals surface area (Å²) in [4.78, 5) is 26.9. The molecule has 1 aliphatic carbocycles. The van der Waals surface area contributed by atoms with Crippen molar-refractivity contribution in [2.45, 2.75) is 32.7 Å². The second kappa shape index (κ2) is 4.87. The van der Waals surface area contributed by atoms with Crippen molar-refractivity contribution in [2.24, 2.45) is 11.7 Å². The number of primary amides is 1. The molecule has 0 aromatic carbocycles. The molecule has 1 fully saturated rings. The number of aryl methyl sites for hydroxylation is 2. The van der Waals surface area contributed by atoms with E-state index in [-0.39, 0.29) is 17.3 Å². The van der Waals surface area contributed by atoms with E-state index in [0.29, 0.717) is 11.3 Å². The van der Waals surface area contributed by atoms with Crippen molar-refractivity contribution in [3.63, 3.8) is 0 Å². The number of amides is 1. The molecule has 19 heavy (non-hydrogen) atoms. The number of rotatable bonds is 5. The molecule has 1 unspecified atom stereocenters. The van der Waals surface area contributed by atoms with Gasteiger partial charge < -0.3 is 16.2 Å². The van der Waals surface area contributed by atoms with E-state index in [9.17, 15) is 14.7 Å². The molecule has 1 aromatic heterocycles. The van der Waals surface area contributed by atoms with Gasteiger partial charge in [0, 0.05) is 5.69 Å². The van der Waals surface area contributed by atoms with Gasteiger partial charge in [0.1, 0.15) is 11.9 Å². The Morgan fingerprint density at radius 2 is 2.11 bits per heavy atom. The molecular formula is C13H17N3O3. The number of hydrogen-bond donors (Lipinski definition) is 3. The highest BCUT2D eigenvalue weighted by Crippen LogP contribution is 2.34. The highest BCUT2D eigenvalue weighted by molar-refractivity contribution is 5.99. The molecule has 1 heterocycles. The summed E-state index contributed by atoms with van der Waals surface area (Å²) in [6.07, 6.45) is 1.75. The third kappa shape index (κ3) is 2.83. The summed E-state index contributed by atoms with van der Waals surface area (Å²) in [5, 5.41) is 12.1. The van der Waals surface area contributed by atoms with E-state index in [0.717, 1.165) is 12.8 Å². The van der Waals surface area contributed by atoms with Crippen LogP contribution in [0.1, 0.15) is 34.5 Å². The number of aromatic nitrogens is 1. The quantitative estimate of drug-likeness (QED) is 0.737. The zero-order chi connectivity index (χ0) is 14.2. The van der Waals surface area contributed by atoms with Crippen molar-refractivity contribution in [3.8, 4) is 0 Å². The number of anilines is 1. The van der Waals surface area contributed by atoms with E-state index < -0.39 is 17.9 Å². The van der Waals surface area contributed by atoms with Crippen molar-refractivity contribution in [1.29, 1.82) is 0 Å². The Morgan fingerprint density at radius 3 is 2.58 bits per heavy atom. The van der Waals surface area contributed by atoms with Crippen LogP contribution in [0.4, 0.5) is 5.82 Å². The summed E-state index contributed by atoms with van der Waals surface area (Å²) >= 11 is 0. The van der Waals surface area contributed by atoms with Crippen molar-refractivity contribution < 1.29 is 14.7 Å². The van der Waals surface area contributed by atoms with Gasteiger partial charge in [0.2, 0.25) is 0 Å². The van der Waals surface area contributed by atoms with Gasteiger partial charge in [-0.1, -0.05) is 0 Å². The lowest BCUT2D eigenvalue weighted by Gasteiger charge is -2.17. The Bertz CT molecular complexity index is 538. The standard InChI is InChI=1S/C13H17N3O3/c1-6-5-7(2)15-12(9(6)11(14)17)16-10(13(18)19)8-3-4-8/h5,8,10H,3-4H2,1-2H3,(H2,14,17)(H,15,16)(H,18,19). The van der Waals surface area contributed by atoms with Gasteiger partial charge in [0.15, 0.2) is 0 Å². The first-order valence-electron chi connectivity index (χ1n) is 6.17. The Morgan fingerprint density at radius 1 is 1.47 bits per heavy atom. The smallest absolute Gasteiger partial charge is 0.326 e. The van der Waals surface area contributed by atoms with E-state index in [2.05, 4.69) is 10.3 Å². The van der Waals surface area contributed by atoms with Crippen LogP contribution < -0.4 is 11.1 Å². The van der Waals surface area contributed by atoms with Crippen LogP contribution in [0.25, 0.3) is 0 Å². The zero-order valence-corrected chi connectivity index (χ0v) is 10.9. The molecule has 1 aromatic rings. The topological polar surface area (TPSA) is 105 Å². The Kier molecular flexibility index (Phi) is 3.42. The second-order valence-electron chi connectivity index (χ2n) is 4.97. The number of carboxylic acid groups (broad SMARTS) is 1. The summed E-state index contributed by atoms with van der Waals surface area (Å²) in [7, 11) is 0. The van der Waals surface area contributed by atoms with Crippen LogP contribution in [0.2, 0.25) is 0 Å². The number of carbonyl (C=O) groups is 2. The zero-order valence-electron chi connectivity index (χ0n) is 10.9. The lowest BCUT2D eigenvalue weighted by molar-refractivity contribution is -0.138. The summed E-state index contributed by atoms with van der Waals surface area (Å²) in [6, 6.07) is 1.03. The van der Waals surface area contributed by atoms with Gasteiger partial charge in [0.25, 0.3) is 5.91 Å². The summed E-state index contributed by atoms with van der Waals surface area (Å²) in [6.45, 7) is 3.54. The normalized spacial score (nSPS) is 15.9. The van der Waals surface area contributed by atoms with Gasteiger partial charge in [-0.3, -0.25) is 4.79 Å². The number of nitrogens with two attached hydrogens (primary N) is 1. The SMILES string of the molecule is Cc1cc(C)c(C(N)=O)c(NC(C(=O)O)C2CC2)n1. The van der Waals surface area contributed by atoms with Crippen LogP contribution in [0.5, 0.6) is 0 Å². The summed E-state index contributed by atoms with van der Waals surface area (Å²) < 4.78 is 0. The molecule has 6 nitrogen and oxygen atoms in total. The van der Waals surface area contributed by atoms with Crippen molar-refractivity contribution in [1.82, 2.24) is 4.98 Å². The highest BCUT2D eigenvalue weighted by Gasteiger charge is 2.37. The molecule has 0 bridgehead atoms. The fourth-order valence-corrected chi connectivity index (χ4v) is 2.21. The number of hydrogen-bond acceptors (Lipinski definition) is 4. The maximum absolute atomic E-state index is 11.5. The van der Waals surface area contributed by atoms with Crippen molar-refractivity contribution in [3.05, 3.63) is 22.9 Å². The predicted octanol–water partition coefficient (Wildman–Crippen LogP) is 1.07. The maximum atomic E-state index is 11.5. The van der Waals surface area contributed by atoms with Gasteiger partial charge in [-0.05, 0) is 44.2 Å². The van der Waals surface area contributed by atoms with Crippen LogP contribution in [0, 0.1) is 19.8 Å². The third-order valence-corrected chi connectivity index (χ3v) is 3.24. The average Bonchev–Trinajstić information content (AvgIpc) is 3.07. The first-order chi connectivity index (χ1) is 8.90. The number of aliphatic carboxylic acids is 1. The fraction of sp³-hybridized carbons (Fsp3) is 0.462. The molecule has 1 aliphatic rings. The first-order valence-corrected chi connectivity index (χ1v) is 6.17. The Labute approximate surface area is 111 Å². The number of nitrogens with zero attached hydrogens (tertiary/aromatic N) is 1. The fourth-order valence-electron chi connectivity index (χ4n) is 2.21. The van der Waals surface area contributed by atoms with Crippen LogP contribution in [-0.4, -0.2) is 28.0 Å². The van der Waals surface area contributed by atoms with Crippen LogP contribution in [0.3, 0.4) is 0 Å². The van der Waals surface area contributed by atoms with Gasteiger partial charge in [-0.15, -0.1) is 0 Å². The molecule has 6 heteroatoms. The van der Waals surface area contributed by atoms with Crippen LogP contribution in [-0.2, 0) is 4.79 Å². The Balaban J connectivity index is 2.37. The predicted molar refractivity (Wildman–Crippen MR) is 70.0 cm³/mol. The highest BCUT2D eigenvalue weighted by atomic mass is 16.4. The average molecular weight is 263 g/mol. The Hall–Kier alpha value is -2.11. The third-order valence-electron chi connectivity index (χ3n) is 3.24. The van der Waals surface area contributed by atoms with E-state index in [1.54, 1.807) is 19.9 Å². The van der Waals surface area contributed by atoms with Gasteiger partial charge >= 0.3 is 5.97 Å². The largest absolute Gasteiger partial charge is 0.480 e. The van der Waals surface area contributed by atoms with E-state index in [4.69, 9.17) is 5.73 Å². The second-order valence-corrected chi connectivity index (χ2v) is 4.97. The van der Waals surface area contributed by atoms with Crippen molar-refractivity contribution in [2.75, 3.05) is 5.32 Å². The van der Waals surface area contributed by atoms with Crippen LogP contribution in [0.15, 0.2) is 6.07 Å². The minimum absolute atomic E-state index is 0.0980. The van der Waals surface area contributed by atoms with Crippen LogP contribution >= 0.6 is 0 Å². The summed E-state index contributed by atoms with van der Waals surface area (Å²) in [5.41, 5.74) is 7.01. The number of carbonyl (C=O) groups excluding carboxylic acids is 1. The van der Waals surface area contributed by atoms with E-state index >= 15 is 0 Å². The molecule has 0 aliphatic heterocycles. The number of nitrogens with one attached hydrogen (secondary N) is 1. The minimum atomic E-state index is -0.932. The molecule has 1 atom stereocenters. The molecular weight excluding hydrogens is 246 g/mol. The molecule has 102 valence electrons. The molecule has 0 spiro atoms. The van der Waals surface area contributed by atoms with Crippen molar-refractivity contribution >= 4 is 17.7 Å². The van der Waals surface area contributed by atoms with Gasteiger partial charge in [-0.2, -0.15) is 0 Å². The monoisotopic (exact) mass is 263 g/mol.